The topological polar surface area (TPSA) is 54.9 Å². The zero-order valence-electron chi connectivity index (χ0n) is 20.0. The van der Waals surface area contributed by atoms with Gasteiger partial charge in [0, 0.05) is 48.7 Å². The molecule has 0 unspecified atom stereocenters. The maximum atomic E-state index is 13.9. The second-order valence-electron chi connectivity index (χ2n) is 9.24. The lowest BCUT2D eigenvalue weighted by molar-refractivity contribution is 0.0629. The number of aromatic nitrogens is 1. The second-order valence-corrected chi connectivity index (χ2v) is 9.68. The molecule has 2 aliphatic rings. The molecule has 3 heterocycles. The van der Waals surface area contributed by atoms with Crippen molar-refractivity contribution in [1.29, 1.82) is 0 Å². The zero-order valence-corrected chi connectivity index (χ0v) is 20.8. The number of carbonyl (C=O) groups is 1. The molecule has 3 aromatic carbocycles. The van der Waals surface area contributed by atoms with E-state index in [0.29, 0.717) is 18.1 Å². The predicted molar refractivity (Wildman–Crippen MR) is 141 cm³/mol. The van der Waals surface area contributed by atoms with Crippen molar-refractivity contribution in [2.24, 2.45) is 0 Å². The highest BCUT2D eigenvalue weighted by Gasteiger charge is 2.27. The number of fused-ring (bicyclic) bond motifs is 2. The fourth-order valence-electron chi connectivity index (χ4n) is 5.04. The minimum absolute atomic E-state index is 0.0593. The lowest BCUT2D eigenvalue weighted by Crippen LogP contribution is -2.48. The molecule has 1 fully saturated rings. The lowest BCUT2D eigenvalue weighted by Gasteiger charge is -2.35. The van der Waals surface area contributed by atoms with Gasteiger partial charge in [-0.2, -0.15) is 0 Å². The van der Waals surface area contributed by atoms with Crippen LogP contribution in [0.15, 0.2) is 66.7 Å². The smallest absolute Gasteiger partial charge is 0.254 e. The minimum atomic E-state index is 0.0593. The Balaban J connectivity index is 1.24. The third-order valence-electron chi connectivity index (χ3n) is 6.97. The van der Waals surface area contributed by atoms with Crippen molar-refractivity contribution >= 4 is 28.4 Å². The van der Waals surface area contributed by atoms with Gasteiger partial charge in [0.25, 0.3) is 5.91 Å². The van der Waals surface area contributed by atoms with Crippen LogP contribution < -0.4 is 9.47 Å². The normalized spacial score (nSPS) is 15.4. The molecule has 0 bridgehead atoms. The standard InChI is InChI=1S/C29H26ClN3O3/c1-19-27(23-4-2-3-5-24(23)31-28(19)21-7-9-22(30)10-8-21)29(34)33-14-12-32(13-15-33)17-20-6-11-25-26(16-20)36-18-35-25/h2-11,16H,12-15,17-18H2,1H3. The molecule has 0 N–H and O–H groups in total. The van der Waals surface area contributed by atoms with Gasteiger partial charge in [-0.1, -0.05) is 48.0 Å². The van der Waals surface area contributed by atoms with Crippen molar-refractivity contribution in [1.82, 2.24) is 14.8 Å². The molecule has 2 aliphatic heterocycles. The van der Waals surface area contributed by atoms with Gasteiger partial charge in [-0.05, 0) is 48.4 Å². The Labute approximate surface area is 215 Å². The van der Waals surface area contributed by atoms with Crippen molar-refractivity contribution in [2.75, 3.05) is 33.0 Å². The van der Waals surface area contributed by atoms with Gasteiger partial charge >= 0.3 is 0 Å². The van der Waals surface area contributed by atoms with E-state index in [4.69, 9.17) is 26.1 Å². The number of para-hydroxylation sites is 1. The number of hydrogen-bond donors (Lipinski definition) is 0. The molecule has 0 radical (unpaired) electrons. The second kappa shape index (κ2) is 9.45. The zero-order chi connectivity index (χ0) is 24.6. The van der Waals surface area contributed by atoms with Crippen LogP contribution in [0.1, 0.15) is 21.5 Å². The van der Waals surface area contributed by atoms with Crippen LogP contribution in [0.4, 0.5) is 0 Å². The molecule has 1 aromatic heterocycles. The fourth-order valence-corrected chi connectivity index (χ4v) is 5.16. The first-order chi connectivity index (χ1) is 17.6. The summed E-state index contributed by atoms with van der Waals surface area (Å²) in [4.78, 5) is 23.1. The van der Waals surface area contributed by atoms with Crippen molar-refractivity contribution in [3.63, 3.8) is 0 Å². The highest BCUT2D eigenvalue weighted by Crippen LogP contribution is 2.34. The fraction of sp³-hybridized carbons (Fsp3) is 0.241. The number of amides is 1. The molecule has 6 nitrogen and oxygen atoms in total. The Morgan fingerprint density at radius 1 is 0.944 bits per heavy atom. The Kier molecular flexibility index (Phi) is 5.99. The van der Waals surface area contributed by atoms with Gasteiger partial charge in [0.05, 0.1) is 16.8 Å². The largest absolute Gasteiger partial charge is 0.454 e. The van der Waals surface area contributed by atoms with E-state index in [-0.39, 0.29) is 12.7 Å². The Hall–Kier alpha value is -3.61. The highest BCUT2D eigenvalue weighted by molar-refractivity contribution is 6.30. The molecular weight excluding hydrogens is 474 g/mol. The number of rotatable bonds is 4. The lowest BCUT2D eigenvalue weighted by atomic mass is 9.96. The molecule has 1 amide bonds. The van der Waals surface area contributed by atoms with Crippen LogP contribution in [0.2, 0.25) is 5.02 Å². The van der Waals surface area contributed by atoms with Crippen LogP contribution in [0.3, 0.4) is 0 Å². The monoisotopic (exact) mass is 499 g/mol. The molecule has 0 spiro atoms. The molecule has 7 heteroatoms. The first-order valence-electron chi connectivity index (χ1n) is 12.1. The summed E-state index contributed by atoms with van der Waals surface area (Å²) >= 11 is 6.11. The predicted octanol–water partition coefficient (Wildman–Crippen LogP) is 5.55. The summed E-state index contributed by atoms with van der Waals surface area (Å²) in [5, 5.41) is 1.56. The number of carbonyl (C=O) groups excluding carboxylic acids is 1. The summed E-state index contributed by atoms with van der Waals surface area (Å²) in [7, 11) is 0. The molecule has 182 valence electrons. The molecule has 0 aliphatic carbocycles. The van der Waals surface area contributed by atoms with Gasteiger partial charge in [0.15, 0.2) is 11.5 Å². The van der Waals surface area contributed by atoms with Crippen LogP contribution in [-0.4, -0.2) is 53.7 Å². The number of piperazine rings is 1. The van der Waals surface area contributed by atoms with E-state index in [1.807, 2.05) is 72.5 Å². The van der Waals surface area contributed by atoms with Gasteiger partial charge in [-0.25, -0.2) is 4.98 Å². The molecule has 0 atom stereocenters. The summed E-state index contributed by atoms with van der Waals surface area (Å²) in [5.41, 5.74) is 5.39. The number of nitrogens with zero attached hydrogens (tertiary/aromatic N) is 3. The highest BCUT2D eigenvalue weighted by atomic mass is 35.5. The number of benzene rings is 3. The van der Waals surface area contributed by atoms with Gasteiger partial charge in [0.1, 0.15) is 0 Å². The van der Waals surface area contributed by atoms with Crippen molar-refractivity contribution in [3.05, 3.63) is 88.4 Å². The SMILES string of the molecule is Cc1c(-c2ccc(Cl)cc2)nc2ccccc2c1C(=O)N1CCN(Cc2ccc3c(c2)OCO3)CC1. The number of hydrogen-bond acceptors (Lipinski definition) is 5. The molecule has 4 aromatic rings. The summed E-state index contributed by atoms with van der Waals surface area (Å²) in [6, 6.07) is 21.6. The van der Waals surface area contributed by atoms with E-state index in [1.165, 1.54) is 5.56 Å². The van der Waals surface area contributed by atoms with E-state index in [0.717, 1.165) is 64.4 Å². The maximum Gasteiger partial charge on any atom is 0.254 e. The van der Waals surface area contributed by atoms with Crippen LogP contribution in [-0.2, 0) is 6.54 Å². The van der Waals surface area contributed by atoms with Gasteiger partial charge in [-0.15, -0.1) is 0 Å². The molecule has 1 saturated heterocycles. The average molecular weight is 500 g/mol. The number of pyridine rings is 1. The Morgan fingerprint density at radius 2 is 1.69 bits per heavy atom. The summed E-state index contributed by atoms with van der Waals surface area (Å²) in [6.45, 7) is 6.07. The molecule has 36 heavy (non-hydrogen) atoms. The average Bonchev–Trinajstić information content (AvgIpc) is 3.37. The number of ether oxygens (including phenoxy) is 2. The third kappa shape index (κ3) is 4.27. The first kappa shape index (κ1) is 22.8. The van der Waals surface area contributed by atoms with E-state index in [1.54, 1.807) is 0 Å². The molecular formula is C29H26ClN3O3. The summed E-state index contributed by atoms with van der Waals surface area (Å²) in [6.07, 6.45) is 0. The first-order valence-corrected chi connectivity index (χ1v) is 12.5. The van der Waals surface area contributed by atoms with Crippen molar-refractivity contribution in [2.45, 2.75) is 13.5 Å². The van der Waals surface area contributed by atoms with E-state index in [2.05, 4.69) is 11.0 Å². The maximum absolute atomic E-state index is 13.9. The minimum Gasteiger partial charge on any atom is -0.454 e. The van der Waals surface area contributed by atoms with Crippen LogP contribution in [0.5, 0.6) is 11.5 Å². The summed E-state index contributed by atoms with van der Waals surface area (Å²) < 4.78 is 10.9. The van der Waals surface area contributed by atoms with Crippen LogP contribution >= 0.6 is 11.6 Å². The summed E-state index contributed by atoms with van der Waals surface area (Å²) in [5.74, 6) is 1.66. The van der Waals surface area contributed by atoms with Gasteiger partial charge in [0.2, 0.25) is 6.79 Å². The van der Waals surface area contributed by atoms with Gasteiger partial charge < -0.3 is 14.4 Å². The quantitative estimate of drug-likeness (QED) is 0.368. The Morgan fingerprint density at radius 3 is 2.50 bits per heavy atom. The van der Waals surface area contributed by atoms with Crippen molar-refractivity contribution < 1.29 is 14.3 Å². The van der Waals surface area contributed by atoms with Crippen LogP contribution in [0, 0.1) is 6.92 Å². The molecule has 0 saturated carbocycles. The third-order valence-corrected chi connectivity index (χ3v) is 7.22. The molecule has 6 rings (SSSR count). The Bertz CT molecular complexity index is 1450. The van der Waals surface area contributed by atoms with E-state index in [9.17, 15) is 4.79 Å². The van der Waals surface area contributed by atoms with E-state index < -0.39 is 0 Å². The van der Waals surface area contributed by atoms with Gasteiger partial charge in [-0.3, -0.25) is 9.69 Å². The van der Waals surface area contributed by atoms with E-state index >= 15 is 0 Å². The van der Waals surface area contributed by atoms with Crippen LogP contribution in [0.25, 0.3) is 22.2 Å². The number of halogens is 1. The van der Waals surface area contributed by atoms with Crippen molar-refractivity contribution in [3.8, 4) is 22.8 Å².